The van der Waals surface area contributed by atoms with Gasteiger partial charge in [0.1, 0.15) is 0 Å². The SMILES string of the molecule is O=C(CCn1ccnc1)N[C@H]1CCCN(C2CCCCC2)C1. The quantitative estimate of drug-likeness (QED) is 0.907. The van der Waals surface area contributed by atoms with Gasteiger partial charge in [0.2, 0.25) is 5.91 Å². The van der Waals surface area contributed by atoms with Gasteiger partial charge in [0, 0.05) is 44.0 Å². The highest BCUT2D eigenvalue weighted by Gasteiger charge is 2.27. The molecule has 1 amide bonds. The molecule has 5 heteroatoms. The number of amides is 1. The number of carbonyl (C=O) groups excluding carboxylic acids is 1. The normalized spacial score (nSPS) is 24.3. The van der Waals surface area contributed by atoms with Crippen molar-refractivity contribution in [2.24, 2.45) is 0 Å². The first-order valence-electron chi connectivity index (χ1n) is 8.80. The Bertz CT molecular complexity index is 453. The molecule has 0 spiro atoms. The third kappa shape index (κ3) is 4.32. The number of rotatable bonds is 5. The summed E-state index contributed by atoms with van der Waals surface area (Å²) in [6, 6.07) is 1.10. The zero-order valence-corrected chi connectivity index (χ0v) is 13.4. The van der Waals surface area contributed by atoms with Crippen LogP contribution in [-0.2, 0) is 11.3 Å². The van der Waals surface area contributed by atoms with Crippen molar-refractivity contribution in [1.82, 2.24) is 19.8 Å². The molecule has 1 aromatic rings. The fraction of sp³-hybridized carbons (Fsp3) is 0.765. The van der Waals surface area contributed by atoms with Crippen molar-refractivity contribution in [2.45, 2.75) is 70.0 Å². The van der Waals surface area contributed by atoms with Gasteiger partial charge in [-0.15, -0.1) is 0 Å². The van der Waals surface area contributed by atoms with Gasteiger partial charge in [0.15, 0.2) is 0 Å². The van der Waals surface area contributed by atoms with E-state index in [1.54, 1.807) is 12.5 Å². The maximum atomic E-state index is 12.1. The molecule has 1 N–H and O–H groups in total. The number of imidazole rings is 1. The van der Waals surface area contributed by atoms with E-state index in [1.165, 1.54) is 45.1 Å². The lowest BCUT2D eigenvalue weighted by Gasteiger charge is -2.40. The van der Waals surface area contributed by atoms with E-state index < -0.39 is 0 Å². The second-order valence-corrected chi connectivity index (χ2v) is 6.74. The summed E-state index contributed by atoms with van der Waals surface area (Å²) in [4.78, 5) is 18.8. The Kier molecular flexibility index (Phi) is 5.48. The van der Waals surface area contributed by atoms with Crippen LogP contribution in [0.25, 0.3) is 0 Å². The van der Waals surface area contributed by atoms with Crippen LogP contribution in [0.1, 0.15) is 51.4 Å². The number of nitrogens with zero attached hydrogens (tertiary/aromatic N) is 3. The topological polar surface area (TPSA) is 50.2 Å². The van der Waals surface area contributed by atoms with Gasteiger partial charge in [-0.3, -0.25) is 9.69 Å². The number of aromatic nitrogens is 2. The fourth-order valence-corrected chi connectivity index (χ4v) is 3.85. The standard InChI is InChI=1S/C17H28N4O/c22-17(8-11-20-12-9-18-14-20)19-15-5-4-10-21(13-15)16-6-2-1-3-7-16/h9,12,14-16H,1-8,10-11,13H2,(H,19,22)/t15-/m0/s1. The van der Waals surface area contributed by atoms with Crippen molar-refractivity contribution in [2.75, 3.05) is 13.1 Å². The molecule has 2 aliphatic rings. The number of hydrogen-bond donors (Lipinski definition) is 1. The monoisotopic (exact) mass is 304 g/mol. The minimum absolute atomic E-state index is 0.171. The molecule has 22 heavy (non-hydrogen) atoms. The highest BCUT2D eigenvalue weighted by molar-refractivity contribution is 5.76. The lowest BCUT2D eigenvalue weighted by Crippen LogP contribution is -2.51. The van der Waals surface area contributed by atoms with E-state index in [-0.39, 0.29) is 5.91 Å². The molecule has 122 valence electrons. The zero-order valence-electron chi connectivity index (χ0n) is 13.4. The van der Waals surface area contributed by atoms with Crippen LogP contribution < -0.4 is 5.32 Å². The summed E-state index contributed by atoms with van der Waals surface area (Å²) in [5, 5.41) is 3.24. The van der Waals surface area contributed by atoms with E-state index in [2.05, 4.69) is 15.2 Å². The highest BCUT2D eigenvalue weighted by atomic mass is 16.1. The fourth-order valence-electron chi connectivity index (χ4n) is 3.85. The first kappa shape index (κ1) is 15.5. The Balaban J connectivity index is 1.42. The molecule has 0 aromatic carbocycles. The van der Waals surface area contributed by atoms with Gasteiger partial charge in [-0.2, -0.15) is 0 Å². The molecule has 2 heterocycles. The second-order valence-electron chi connectivity index (χ2n) is 6.74. The number of nitrogens with one attached hydrogen (secondary N) is 1. The Morgan fingerprint density at radius 2 is 2.05 bits per heavy atom. The average Bonchev–Trinajstić information content (AvgIpc) is 3.08. The number of likely N-dealkylation sites (tertiary alicyclic amines) is 1. The van der Waals surface area contributed by atoms with Crippen LogP contribution in [0.15, 0.2) is 18.7 Å². The van der Waals surface area contributed by atoms with Crippen LogP contribution in [0.3, 0.4) is 0 Å². The summed E-state index contributed by atoms with van der Waals surface area (Å²) >= 11 is 0. The van der Waals surface area contributed by atoms with Crippen molar-refractivity contribution in [1.29, 1.82) is 0 Å². The molecule has 1 aromatic heterocycles. The zero-order chi connectivity index (χ0) is 15.2. The van der Waals surface area contributed by atoms with E-state index in [1.807, 2.05) is 10.8 Å². The smallest absolute Gasteiger partial charge is 0.222 e. The molecular weight excluding hydrogens is 276 g/mol. The molecule has 3 rings (SSSR count). The molecule has 1 atom stereocenters. The van der Waals surface area contributed by atoms with E-state index in [0.29, 0.717) is 19.0 Å². The van der Waals surface area contributed by atoms with Crippen molar-refractivity contribution in [3.05, 3.63) is 18.7 Å². The third-order valence-corrected chi connectivity index (χ3v) is 5.07. The summed E-state index contributed by atoms with van der Waals surface area (Å²) in [5.41, 5.74) is 0. The molecule has 1 aliphatic carbocycles. The van der Waals surface area contributed by atoms with Crippen LogP contribution in [0.5, 0.6) is 0 Å². The lowest BCUT2D eigenvalue weighted by atomic mass is 9.92. The van der Waals surface area contributed by atoms with Crippen LogP contribution in [0.2, 0.25) is 0 Å². The maximum absolute atomic E-state index is 12.1. The number of piperidine rings is 1. The molecule has 0 radical (unpaired) electrons. The number of hydrogen-bond acceptors (Lipinski definition) is 3. The molecule has 1 saturated heterocycles. The predicted octanol–water partition coefficient (Wildman–Crippen LogP) is 2.19. The van der Waals surface area contributed by atoms with Crippen LogP contribution in [-0.4, -0.2) is 45.5 Å². The van der Waals surface area contributed by atoms with Crippen LogP contribution in [0.4, 0.5) is 0 Å². The second kappa shape index (κ2) is 7.77. The molecule has 0 unspecified atom stereocenters. The van der Waals surface area contributed by atoms with Crippen molar-refractivity contribution in [3.8, 4) is 0 Å². The Morgan fingerprint density at radius 3 is 2.82 bits per heavy atom. The van der Waals surface area contributed by atoms with Gasteiger partial charge < -0.3 is 9.88 Å². The molecule has 2 fully saturated rings. The largest absolute Gasteiger partial charge is 0.352 e. The predicted molar refractivity (Wildman–Crippen MR) is 86.5 cm³/mol. The van der Waals surface area contributed by atoms with E-state index in [4.69, 9.17) is 0 Å². The first-order valence-corrected chi connectivity index (χ1v) is 8.80. The number of aryl methyl sites for hydroxylation is 1. The highest BCUT2D eigenvalue weighted by Crippen LogP contribution is 2.25. The number of carbonyl (C=O) groups is 1. The van der Waals surface area contributed by atoms with Gasteiger partial charge in [0.25, 0.3) is 0 Å². The Labute approximate surface area is 133 Å². The van der Waals surface area contributed by atoms with Gasteiger partial charge >= 0.3 is 0 Å². The van der Waals surface area contributed by atoms with E-state index in [9.17, 15) is 4.79 Å². The van der Waals surface area contributed by atoms with Crippen LogP contribution in [0, 0.1) is 0 Å². The van der Waals surface area contributed by atoms with Gasteiger partial charge in [-0.25, -0.2) is 4.98 Å². The van der Waals surface area contributed by atoms with E-state index in [0.717, 1.165) is 19.0 Å². The minimum Gasteiger partial charge on any atom is -0.352 e. The molecule has 1 saturated carbocycles. The maximum Gasteiger partial charge on any atom is 0.222 e. The Morgan fingerprint density at radius 1 is 1.18 bits per heavy atom. The molecule has 5 nitrogen and oxygen atoms in total. The minimum atomic E-state index is 0.171. The average molecular weight is 304 g/mol. The first-order chi connectivity index (χ1) is 10.8. The van der Waals surface area contributed by atoms with Crippen molar-refractivity contribution in [3.63, 3.8) is 0 Å². The molecule has 1 aliphatic heterocycles. The third-order valence-electron chi connectivity index (χ3n) is 5.07. The molecular formula is C17H28N4O. The van der Waals surface area contributed by atoms with Gasteiger partial charge in [0.05, 0.1) is 6.33 Å². The summed E-state index contributed by atoms with van der Waals surface area (Å²) < 4.78 is 1.95. The summed E-state index contributed by atoms with van der Waals surface area (Å²) in [7, 11) is 0. The summed E-state index contributed by atoms with van der Waals surface area (Å²) in [6.07, 6.45) is 15.1. The van der Waals surface area contributed by atoms with Crippen molar-refractivity contribution >= 4 is 5.91 Å². The summed E-state index contributed by atoms with van der Waals surface area (Å²) in [5.74, 6) is 0.171. The lowest BCUT2D eigenvalue weighted by molar-refractivity contribution is -0.122. The van der Waals surface area contributed by atoms with Gasteiger partial charge in [-0.1, -0.05) is 19.3 Å². The van der Waals surface area contributed by atoms with Gasteiger partial charge in [-0.05, 0) is 32.2 Å². The van der Waals surface area contributed by atoms with Crippen LogP contribution >= 0.6 is 0 Å². The summed E-state index contributed by atoms with van der Waals surface area (Å²) in [6.45, 7) is 2.97. The van der Waals surface area contributed by atoms with E-state index >= 15 is 0 Å². The Hall–Kier alpha value is -1.36. The molecule has 0 bridgehead atoms. The van der Waals surface area contributed by atoms with Crippen molar-refractivity contribution < 1.29 is 4.79 Å².